The van der Waals surface area contributed by atoms with Crippen molar-refractivity contribution in [3.05, 3.63) is 42.1 Å². The second kappa shape index (κ2) is 6.90. The van der Waals surface area contributed by atoms with E-state index < -0.39 is 0 Å². The molecule has 2 rings (SSSR count). The second-order valence-electron chi connectivity index (χ2n) is 4.82. The molecule has 0 radical (unpaired) electrons. The third-order valence-corrected chi connectivity index (χ3v) is 3.10. The van der Waals surface area contributed by atoms with Crippen molar-refractivity contribution in [3.8, 4) is 0 Å². The summed E-state index contributed by atoms with van der Waals surface area (Å²) in [6.45, 7) is 2.45. The summed E-state index contributed by atoms with van der Waals surface area (Å²) >= 11 is 0. The number of para-hydroxylation sites is 1. The Bertz CT molecular complexity index is 595. The van der Waals surface area contributed by atoms with E-state index in [4.69, 9.17) is 5.11 Å². The van der Waals surface area contributed by atoms with Crippen LogP contribution in [0.15, 0.2) is 36.4 Å². The highest BCUT2D eigenvalue weighted by Gasteiger charge is 2.13. The van der Waals surface area contributed by atoms with Crippen LogP contribution < -0.4 is 10.2 Å². The van der Waals surface area contributed by atoms with E-state index in [9.17, 15) is 4.79 Å². The predicted molar refractivity (Wildman–Crippen MR) is 82.3 cm³/mol. The summed E-state index contributed by atoms with van der Waals surface area (Å²) in [5, 5.41) is 16.2. The Morgan fingerprint density at radius 1 is 1.38 bits per heavy atom. The molecule has 0 aliphatic rings. The Morgan fingerprint density at radius 3 is 2.67 bits per heavy atom. The molecular formula is C15H20N4O2. The molecule has 2 aromatic rings. The number of hydrogen-bond donors (Lipinski definition) is 2. The van der Waals surface area contributed by atoms with Crippen LogP contribution in [-0.2, 0) is 11.8 Å². The predicted octanol–water partition coefficient (Wildman–Crippen LogP) is 1.17. The third-order valence-electron chi connectivity index (χ3n) is 3.10. The zero-order valence-electron chi connectivity index (χ0n) is 12.3. The van der Waals surface area contributed by atoms with E-state index >= 15 is 0 Å². The average molecular weight is 288 g/mol. The molecule has 0 spiro atoms. The number of carbonyl (C=O) groups excluding carboxylic acids is 1. The molecule has 0 unspecified atom stereocenters. The lowest BCUT2D eigenvalue weighted by Gasteiger charge is -2.23. The van der Waals surface area contributed by atoms with E-state index in [0.29, 0.717) is 12.4 Å². The quantitative estimate of drug-likeness (QED) is 0.837. The molecule has 1 heterocycles. The normalized spacial score (nSPS) is 10.4. The number of carbonyl (C=O) groups is 1. The van der Waals surface area contributed by atoms with Crippen molar-refractivity contribution in [3.63, 3.8) is 0 Å². The summed E-state index contributed by atoms with van der Waals surface area (Å²) < 4.78 is 1.63. The molecule has 0 fully saturated rings. The van der Waals surface area contributed by atoms with Gasteiger partial charge >= 0.3 is 0 Å². The van der Waals surface area contributed by atoms with Crippen molar-refractivity contribution in [2.45, 2.75) is 6.92 Å². The van der Waals surface area contributed by atoms with Gasteiger partial charge in [0.05, 0.1) is 18.8 Å². The number of rotatable bonds is 6. The van der Waals surface area contributed by atoms with Gasteiger partial charge in [-0.05, 0) is 19.1 Å². The van der Waals surface area contributed by atoms with Crippen LogP contribution in [0.4, 0.5) is 11.5 Å². The maximum Gasteiger partial charge on any atom is 0.245 e. The SMILES string of the molecule is Cc1cc(NC(=O)CN(CCO)c2ccccc2)n(C)n1. The van der Waals surface area contributed by atoms with Crippen molar-refractivity contribution < 1.29 is 9.90 Å². The largest absolute Gasteiger partial charge is 0.395 e. The number of benzene rings is 1. The molecular weight excluding hydrogens is 268 g/mol. The summed E-state index contributed by atoms with van der Waals surface area (Å²) in [5.74, 6) is 0.518. The number of anilines is 2. The Balaban J connectivity index is 2.03. The summed E-state index contributed by atoms with van der Waals surface area (Å²) in [6.07, 6.45) is 0. The van der Waals surface area contributed by atoms with Crippen LogP contribution in [0.3, 0.4) is 0 Å². The van der Waals surface area contributed by atoms with E-state index in [1.165, 1.54) is 0 Å². The van der Waals surface area contributed by atoms with Crippen LogP contribution in [-0.4, -0.2) is 40.5 Å². The molecule has 0 saturated carbocycles. The highest BCUT2D eigenvalue weighted by atomic mass is 16.3. The molecule has 112 valence electrons. The Morgan fingerprint density at radius 2 is 2.10 bits per heavy atom. The van der Waals surface area contributed by atoms with Gasteiger partial charge in [0.25, 0.3) is 0 Å². The lowest BCUT2D eigenvalue weighted by molar-refractivity contribution is -0.115. The zero-order chi connectivity index (χ0) is 15.2. The monoisotopic (exact) mass is 288 g/mol. The number of aliphatic hydroxyl groups excluding tert-OH is 1. The Kier molecular flexibility index (Phi) is 4.94. The van der Waals surface area contributed by atoms with Crippen LogP contribution in [0.25, 0.3) is 0 Å². The van der Waals surface area contributed by atoms with Gasteiger partial charge in [-0.2, -0.15) is 5.10 Å². The van der Waals surface area contributed by atoms with Gasteiger partial charge in [-0.25, -0.2) is 0 Å². The first kappa shape index (κ1) is 15.1. The molecule has 0 aliphatic carbocycles. The van der Waals surface area contributed by atoms with E-state index in [1.54, 1.807) is 11.7 Å². The van der Waals surface area contributed by atoms with Gasteiger partial charge in [0.1, 0.15) is 5.82 Å². The zero-order valence-corrected chi connectivity index (χ0v) is 12.3. The Labute approximate surface area is 124 Å². The van der Waals surface area contributed by atoms with Crippen LogP contribution in [0.5, 0.6) is 0 Å². The maximum absolute atomic E-state index is 12.2. The molecule has 1 aromatic carbocycles. The summed E-state index contributed by atoms with van der Waals surface area (Å²) in [5.41, 5.74) is 1.76. The van der Waals surface area contributed by atoms with Gasteiger partial charge in [0.2, 0.25) is 5.91 Å². The van der Waals surface area contributed by atoms with Gasteiger partial charge in [-0.3, -0.25) is 9.48 Å². The molecule has 1 amide bonds. The summed E-state index contributed by atoms with van der Waals surface area (Å²) in [7, 11) is 1.78. The minimum Gasteiger partial charge on any atom is -0.395 e. The molecule has 0 bridgehead atoms. The minimum absolute atomic E-state index is 0.00695. The molecule has 0 aliphatic heterocycles. The van der Waals surface area contributed by atoms with E-state index in [-0.39, 0.29) is 19.1 Å². The van der Waals surface area contributed by atoms with E-state index in [2.05, 4.69) is 10.4 Å². The molecule has 21 heavy (non-hydrogen) atoms. The number of nitrogens with zero attached hydrogens (tertiary/aromatic N) is 3. The van der Waals surface area contributed by atoms with Gasteiger partial charge in [-0.15, -0.1) is 0 Å². The van der Waals surface area contributed by atoms with E-state index in [0.717, 1.165) is 11.4 Å². The fourth-order valence-electron chi connectivity index (χ4n) is 2.14. The molecule has 0 atom stereocenters. The number of aromatic nitrogens is 2. The van der Waals surface area contributed by atoms with Gasteiger partial charge in [0.15, 0.2) is 0 Å². The third kappa shape index (κ3) is 4.06. The fourth-order valence-corrected chi connectivity index (χ4v) is 2.14. The average Bonchev–Trinajstić information content (AvgIpc) is 2.77. The fraction of sp³-hybridized carbons (Fsp3) is 0.333. The lowest BCUT2D eigenvalue weighted by Crippen LogP contribution is -2.35. The van der Waals surface area contributed by atoms with Crippen LogP contribution in [0.2, 0.25) is 0 Å². The van der Waals surface area contributed by atoms with Crippen molar-refractivity contribution in [2.24, 2.45) is 7.05 Å². The maximum atomic E-state index is 12.2. The van der Waals surface area contributed by atoms with Crippen molar-refractivity contribution in [1.29, 1.82) is 0 Å². The van der Waals surface area contributed by atoms with Gasteiger partial charge in [-0.1, -0.05) is 18.2 Å². The number of amides is 1. The van der Waals surface area contributed by atoms with Crippen molar-refractivity contribution in [2.75, 3.05) is 29.9 Å². The molecule has 6 heteroatoms. The second-order valence-corrected chi connectivity index (χ2v) is 4.82. The number of aryl methyl sites for hydroxylation is 2. The molecule has 6 nitrogen and oxygen atoms in total. The highest BCUT2D eigenvalue weighted by Crippen LogP contribution is 2.13. The standard InChI is InChI=1S/C15H20N4O2/c1-12-10-14(18(2)17-12)16-15(21)11-19(8-9-20)13-6-4-3-5-7-13/h3-7,10,20H,8-9,11H2,1-2H3,(H,16,21). The molecule has 0 saturated heterocycles. The highest BCUT2D eigenvalue weighted by molar-refractivity contribution is 5.93. The summed E-state index contributed by atoms with van der Waals surface area (Å²) in [4.78, 5) is 14.0. The minimum atomic E-state index is -0.143. The first-order chi connectivity index (χ1) is 10.1. The van der Waals surface area contributed by atoms with Crippen LogP contribution in [0.1, 0.15) is 5.69 Å². The van der Waals surface area contributed by atoms with Crippen LogP contribution in [0, 0.1) is 6.92 Å². The first-order valence-corrected chi connectivity index (χ1v) is 6.81. The smallest absolute Gasteiger partial charge is 0.245 e. The van der Waals surface area contributed by atoms with Crippen molar-refractivity contribution >= 4 is 17.4 Å². The Hall–Kier alpha value is -2.34. The lowest BCUT2D eigenvalue weighted by atomic mass is 10.3. The van der Waals surface area contributed by atoms with Gasteiger partial charge in [0, 0.05) is 25.3 Å². The van der Waals surface area contributed by atoms with Gasteiger partial charge < -0.3 is 15.3 Å². The molecule has 1 aromatic heterocycles. The van der Waals surface area contributed by atoms with Crippen molar-refractivity contribution in [1.82, 2.24) is 9.78 Å². The summed E-state index contributed by atoms with van der Waals surface area (Å²) in [6, 6.07) is 11.4. The van der Waals surface area contributed by atoms with E-state index in [1.807, 2.05) is 48.2 Å². The topological polar surface area (TPSA) is 70.4 Å². The van der Waals surface area contributed by atoms with Crippen LogP contribution >= 0.6 is 0 Å². The number of aliphatic hydroxyl groups is 1. The first-order valence-electron chi connectivity index (χ1n) is 6.81. The number of nitrogens with one attached hydrogen (secondary N) is 1. The molecule has 2 N–H and O–H groups in total. The number of hydrogen-bond acceptors (Lipinski definition) is 4.